The van der Waals surface area contributed by atoms with Gasteiger partial charge in [0.05, 0.1) is 0 Å². The van der Waals surface area contributed by atoms with E-state index < -0.39 is 12.0 Å². The van der Waals surface area contributed by atoms with Crippen LogP contribution in [0.3, 0.4) is 0 Å². The first-order valence-corrected chi connectivity index (χ1v) is 4.72. The molecule has 4 nitrogen and oxygen atoms in total. The molecule has 0 aromatic rings. The van der Waals surface area contributed by atoms with Crippen LogP contribution in [0.5, 0.6) is 0 Å². The summed E-state index contributed by atoms with van der Waals surface area (Å²) >= 11 is 0. The molecule has 0 aliphatic heterocycles. The summed E-state index contributed by atoms with van der Waals surface area (Å²) in [5.74, 6) is -0.0598. The molecule has 0 bridgehead atoms. The second-order valence-electron chi connectivity index (χ2n) is 3.49. The molecule has 1 aliphatic rings. The van der Waals surface area contributed by atoms with Crippen LogP contribution in [-0.2, 0) is 9.53 Å². The molecule has 4 heteroatoms. The Morgan fingerprint density at radius 3 is 2.85 bits per heavy atom. The smallest absolute Gasteiger partial charge is 0.320 e. The Morgan fingerprint density at radius 2 is 2.38 bits per heavy atom. The monoisotopic (exact) mass is 187 g/mol. The fraction of sp³-hybridized carbons (Fsp3) is 0.889. The van der Waals surface area contributed by atoms with Crippen molar-refractivity contribution in [2.24, 2.45) is 5.92 Å². The number of carboxylic acids is 1. The number of hydrogen-bond acceptors (Lipinski definition) is 3. The van der Waals surface area contributed by atoms with Crippen molar-refractivity contribution >= 4 is 5.97 Å². The molecule has 1 rings (SSSR count). The molecule has 0 saturated heterocycles. The summed E-state index contributed by atoms with van der Waals surface area (Å²) in [5, 5.41) is 11.4. The van der Waals surface area contributed by atoms with Gasteiger partial charge in [0, 0.05) is 13.2 Å². The minimum Gasteiger partial charge on any atom is -0.480 e. The van der Waals surface area contributed by atoms with Gasteiger partial charge in [0.1, 0.15) is 6.04 Å². The van der Waals surface area contributed by atoms with Crippen LogP contribution in [0.15, 0.2) is 0 Å². The molecule has 1 saturated carbocycles. The number of carbonyl (C=O) groups is 1. The molecule has 1 aliphatic carbocycles. The molecule has 1 fully saturated rings. The van der Waals surface area contributed by atoms with Crippen LogP contribution >= 0.6 is 0 Å². The second-order valence-corrected chi connectivity index (χ2v) is 3.49. The highest BCUT2D eigenvalue weighted by Crippen LogP contribution is 2.28. The number of ether oxygens (including phenoxy) is 1. The van der Waals surface area contributed by atoms with Gasteiger partial charge in [0.2, 0.25) is 0 Å². The van der Waals surface area contributed by atoms with E-state index in [9.17, 15) is 4.79 Å². The highest BCUT2D eigenvalue weighted by molar-refractivity contribution is 5.73. The number of nitrogens with one attached hydrogen (secondary N) is 1. The largest absolute Gasteiger partial charge is 0.480 e. The Bertz CT molecular complexity index is 168. The molecule has 0 heterocycles. The first-order chi connectivity index (χ1) is 6.24. The lowest BCUT2D eigenvalue weighted by Gasteiger charge is -2.10. The van der Waals surface area contributed by atoms with E-state index in [0.717, 1.165) is 12.5 Å². The Kier molecular flexibility index (Phi) is 4.18. The third-order valence-electron chi connectivity index (χ3n) is 2.25. The predicted octanol–water partition coefficient (Wildman–Crippen LogP) is 0.476. The van der Waals surface area contributed by atoms with E-state index in [4.69, 9.17) is 9.84 Å². The van der Waals surface area contributed by atoms with Crippen molar-refractivity contribution in [3.05, 3.63) is 0 Å². The first-order valence-electron chi connectivity index (χ1n) is 4.72. The molecule has 0 aromatic heterocycles. The number of aliphatic carboxylic acids is 1. The molecular formula is C9H17NO3. The van der Waals surface area contributed by atoms with Crippen LogP contribution in [0.1, 0.15) is 19.3 Å². The van der Waals surface area contributed by atoms with E-state index in [1.54, 1.807) is 7.05 Å². The highest BCUT2D eigenvalue weighted by atomic mass is 16.5. The van der Waals surface area contributed by atoms with Gasteiger partial charge in [0.25, 0.3) is 0 Å². The number of likely N-dealkylation sites (N-methyl/N-ethyl adjacent to an activating group) is 1. The van der Waals surface area contributed by atoms with Gasteiger partial charge in [-0.1, -0.05) is 0 Å². The fourth-order valence-corrected chi connectivity index (χ4v) is 1.13. The van der Waals surface area contributed by atoms with Gasteiger partial charge >= 0.3 is 5.97 Å². The topological polar surface area (TPSA) is 58.6 Å². The van der Waals surface area contributed by atoms with E-state index in [2.05, 4.69) is 5.32 Å². The molecule has 13 heavy (non-hydrogen) atoms. The van der Waals surface area contributed by atoms with Gasteiger partial charge in [-0.05, 0) is 32.2 Å². The maximum absolute atomic E-state index is 10.6. The van der Waals surface area contributed by atoms with Crippen LogP contribution < -0.4 is 5.32 Å². The third kappa shape index (κ3) is 4.24. The molecule has 2 N–H and O–H groups in total. The van der Waals surface area contributed by atoms with Gasteiger partial charge < -0.3 is 15.2 Å². The number of rotatable bonds is 7. The van der Waals surface area contributed by atoms with Crippen molar-refractivity contribution in [2.45, 2.75) is 25.3 Å². The molecule has 76 valence electrons. The van der Waals surface area contributed by atoms with E-state index in [-0.39, 0.29) is 0 Å². The van der Waals surface area contributed by atoms with Crippen molar-refractivity contribution in [3.63, 3.8) is 0 Å². The summed E-state index contributed by atoms with van der Waals surface area (Å²) in [6, 6.07) is -0.473. The van der Waals surface area contributed by atoms with Gasteiger partial charge in [-0.15, -0.1) is 0 Å². The van der Waals surface area contributed by atoms with E-state index in [1.807, 2.05) is 0 Å². The average Bonchev–Trinajstić information content (AvgIpc) is 2.87. The van der Waals surface area contributed by atoms with E-state index >= 15 is 0 Å². The summed E-state index contributed by atoms with van der Waals surface area (Å²) in [5.41, 5.74) is 0. The summed E-state index contributed by atoms with van der Waals surface area (Å²) in [6.45, 7) is 1.34. The molecule has 1 atom stereocenters. The maximum atomic E-state index is 10.6. The summed E-state index contributed by atoms with van der Waals surface area (Å²) < 4.78 is 5.34. The Balaban J connectivity index is 1.98. The predicted molar refractivity (Wildman–Crippen MR) is 48.6 cm³/mol. The third-order valence-corrected chi connectivity index (χ3v) is 2.25. The summed E-state index contributed by atoms with van der Waals surface area (Å²) in [6.07, 6.45) is 3.08. The lowest BCUT2D eigenvalue weighted by Crippen LogP contribution is -2.34. The Morgan fingerprint density at radius 1 is 1.69 bits per heavy atom. The minimum absolute atomic E-state index is 0.473. The Labute approximate surface area is 78.3 Å². The van der Waals surface area contributed by atoms with Crippen LogP contribution in [0.2, 0.25) is 0 Å². The zero-order valence-electron chi connectivity index (χ0n) is 7.95. The molecule has 0 radical (unpaired) electrons. The quantitative estimate of drug-likeness (QED) is 0.569. The van der Waals surface area contributed by atoms with E-state index in [0.29, 0.717) is 13.0 Å². The van der Waals surface area contributed by atoms with Gasteiger partial charge in [0.15, 0.2) is 0 Å². The van der Waals surface area contributed by atoms with Crippen LogP contribution in [0, 0.1) is 5.92 Å². The molecule has 0 spiro atoms. The van der Waals surface area contributed by atoms with Crippen LogP contribution in [0.25, 0.3) is 0 Å². The molecule has 1 unspecified atom stereocenters. The van der Waals surface area contributed by atoms with Crippen molar-refractivity contribution in [3.8, 4) is 0 Å². The van der Waals surface area contributed by atoms with Crippen molar-refractivity contribution in [1.82, 2.24) is 5.32 Å². The van der Waals surface area contributed by atoms with Crippen molar-refractivity contribution in [2.75, 3.05) is 20.3 Å². The van der Waals surface area contributed by atoms with Crippen molar-refractivity contribution in [1.29, 1.82) is 0 Å². The SMILES string of the molecule is CNC(CCOCC1CC1)C(=O)O. The number of carboxylic acid groups (broad SMARTS) is 1. The average molecular weight is 187 g/mol. The molecule has 0 amide bonds. The zero-order valence-corrected chi connectivity index (χ0v) is 7.95. The molecule has 0 aromatic carbocycles. The van der Waals surface area contributed by atoms with Gasteiger partial charge in [-0.2, -0.15) is 0 Å². The maximum Gasteiger partial charge on any atom is 0.320 e. The van der Waals surface area contributed by atoms with E-state index in [1.165, 1.54) is 12.8 Å². The zero-order chi connectivity index (χ0) is 9.68. The lowest BCUT2D eigenvalue weighted by molar-refractivity contribution is -0.139. The summed E-state index contributed by atoms with van der Waals surface area (Å²) in [7, 11) is 1.65. The first kappa shape index (κ1) is 10.5. The standard InChI is InChI=1S/C9H17NO3/c1-10-8(9(11)12)4-5-13-6-7-2-3-7/h7-8,10H,2-6H2,1H3,(H,11,12). The van der Waals surface area contributed by atoms with Gasteiger partial charge in [-0.3, -0.25) is 4.79 Å². The Hall–Kier alpha value is -0.610. The lowest BCUT2D eigenvalue weighted by atomic mass is 10.2. The molecular weight excluding hydrogens is 170 g/mol. The van der Waals surface area contributed by atoms with Gasteiger partial charge in [-0.25, -0.2) is 0 Å². The van der Waals surface area contributed by atoms with Crippen molar-refractivity contribution < 1.29 is 14.6 Å². The fourth-order valence-electron chi connectivity index (χ4n) is 1.13. The van der Waals surface area contributed by atoms with Crippen LogP contribution in [0.4, 0.5) is 0 Å². The minimum atomic E-state index is -0.808. The highest BCUT2D eigenvalue weighted by Gasteiger charge is 2.21. The summed E-state index contributed by atoms with van der Waals surface area (Å²) in [4.78, 5) is 10.6. The number of hydrogen-bond donors (Lipinski definition) is 2. The second kappa shape index (κ2) is 5.19. The van der Waals surface area contributed by atoms with Crippen LogP contribution in [-0.4, -0.2) is 37.4 Å². The normalized spacial score (nSPS) is 18.5.